The number of benzene rings is 3. The van der Waals surface area contributed by atoms with Crippen molar-refractivity contribution >= 4 is 27.5 Å². The van der Waals surface area contributed by atoms with Gasteiger partial charge in [-0.3, -0.25) is 13.9 Å². The molecule has 0 bridgehead atoms. The summed E-state index contributed by atoms with van der Waals surface area (Å²) in [5, 5.41) is 2.97. The van der Waals surface area contributed by atoms with Crippen LogP contribution in [0.2, 0.25) is 0 Å². The van der Waals surface area contributed by atoms with Gasteiger partial charge in [0.1, 0.15) is 18.3 Å². The lowest BCUT2D eigenvalue weighted by Crippen LogP contribution is -2.55. The molecule has 9 heteroatoms. The van der Waals surface area contributed by atoms with Gasteiger partial charge in [0, 0.05) is 12.1 Å². The van der Waals surface area contributed by atoms with Gasteiger partial charge in [0.05, 0.1) is 17.7 Å². The Bertz CT molecular complexity index is 1360. The van der Waals surface area contributed by atoms with Crippen molar-refractivity contribution in [2.45, 2.75) is 57.1 Å². The van der Waals surface area contributed by atoms with Crippen molar-refractivity contribution in [3.63, 3.8) is 0 Å². The minimum Gasteiger partial charge on any atom is -0.497 e. The second kappa shape index (κ2) is 12.8. The third-order valence-corrected chi connectivity index (χ3v) is 7.81. The molecule has 0 unspecified atom stereocenters. The first-order chi connectivity index (χ1) is 18.5. The fraction of sp³-hybridized carbons (Fsp3) is 0.333. The van der Waals surface area contributed by atoms with E-state index in [1.807, 2.05) is 39.8 Å². The molecule has 208 valence electrons. The topological polar surface area (TPSA) is 96.0 Å². The molecule has 1 atom stereocenters. The van der Waals surface area contributed by atoms with E-state index in [0.29, 0.717) is 17.9 Å². The lowest BCUT2D eigenvalue weighted by Gasteiger charge is -2.34. The van der Waals surface area contributed by atoms with E-state index in [4.69, 9.17) is 4.74 Å². The summed E-state index contributed by atoms with van der Waals surface area (Å²) in [6.07, 6.45) is 0.342. The van der Waals surface area contributed by atoms with Gasteiger partial charge in [-0.15, -0.1) is 0 Å². The van der Waals surface area contributed by atoms with Crippen molar-refractivity contribution in [3.8, 4) is 5.75 Å². The van der Waals surface area contributed by atoms with Gasteiger partial charge in [-0.1, -0.05) is 55.5 Å². The van der Waals surface area contributed by atoms with Gasteiger partial charge in [0.2, 0.25) is 11.8 Å². The highest BCUT2D eigenvalue weighted by atomic mass is 32.2. The predicted molar refractivity (Wildman–Crippen MR) is 153 cm³/mol. The van der Waals surface area contributed by atoms with Crippen LogP contribution in [0.1, 0.15) is 39.7 Å². The molecule has 0 heterocycles. The normalized spacial score (nSPS) is 12.3. The smallest absolute Gasteiger partial charge is 0.264 e. The number of ether oxygens (including phenoxy) is 1. The number of amides is 2. The molecular formula is C30H37N3O5S. The highest BCUT2D eigenvalue weighted by Gasteiger charge is 2.34. The van der Waals surface area contributed by atoms with Crippen molar-refractivity contribution in [3.05, 3.63) is 90.5 Å². The summed E-state index contributed by atoms with van der Waals surface area (Å²) in [7, 11) is -2.53. The van der Waals surface area contributed by atoms with Gasteiger partial charge in [-0.2, -0.15) is 0 Å². The number of para-hydroxylation sites is 1. The summed E-state index contributed by atoms with van der Waals surface area (Å²) >= 11 is 0. The Morgan fingerprint density at radius 3 is 2.10 bits per heavy atom. The Morgan fingerprint density at radius 2 is 1.54 bits per heavy atom. The number of methoxy groups -OCH3 is 1. The maximum absolute atomic E-state index is 14.0. The number of anilines is 1. The molecule has 3 rings (SSSR count). The first-order valence-electron chi connectivity index (χ1n) is 12.8. The molecule has 0 saturated heterocycles. The van der Waals surface area contributed by atoms with Crippen LogP contribution in [-0.4, -0.2) is 50.4 Å². The number of rotatable bonds is 11. The Hall–Kier alpha value is -3.85. The van der Waals surface area contributed by atoms with Crippen LogP contribution in [-0.2, 0) is 26.2 Å². The molecule has 8 nitrogen and oxygen atoms in total. The average molecular weight is 552 g/mol. The van der Waals surface area contributed by atoms with Crippen molar-refractivity contribution in [2.75, 3.05) is 18.0 Å². The van der Waals surface area contributed by atoms with Gasteiger partial charge in [-0.25, -0.2) is 8.42 Å². The fourth-order valence-electron chi connectivity index (χ4n) is 4.18. The van der Waals surface area contributed by atoms with E-state index in [1.165, 1.54) is 17.0 Å². The zero-order valence-corrected chi connectivity index (χ0v) is 23.9. The van der Waals surface area contributed by atoms with E-state index in [9.17, 15) is 18.0 Å². The van der Waals surface area contributed by atoms with Crippen LogP contribution in [0.15, 0.2) is 89.8 Å². The second-order valence-corrected chi connectivity index (χ2v) is 12.1. The van der Waals surface area contributed by atoms with Crippen LogP contribution in [0.4, 0.5) is 5.69 Å². The van der Waals surface area contributed by atoms with Crippen molar-refractivity contribution in [2.24, 2.45) is 0 Å². The molecule has 3 aromatic carbocycles. The zero-order valence-electron chi connectivity index (χ0n) is 23.1. The Kier molecular flexibility index (Phi) is 9.75. The molecule has 2 amide bonds. The predicted octanol–water partition coefficient (Wildman–Crippen LogP) is 4.61. The lowest BCUT2D eigenvalue weighted by atomic mass is 10.1. The van der Waals surface area contributed by atoms with Crippen LogP contribution in [0.25, 0.3) is 0 Å². The number of nitrogens with zero attached hydrogens (tertiary/aromatic N) is 2. The Balaban J connectivity index is 2.05. The number of hydrogen-bond donors (Lipinski definition) is 1. The van der Waals surface area contributed by atoms with E-state index < -0.39 is 34.1 Å². The van der Waals surface area contributed by atoms with Crippen molar-refractivity contribution in [1.29, 1.82) is 0 Å². The minimum absolute atomic E-state index is 0.0681. The highest BCUT2D eigenvalue weighted by Crippen LogP contribution is 2.25. The summed E-state index contributed by atoms with van der Waals surface area (Å²) < 4.78 is 33.9. The number of carbonyl (C=O) groups is 2. The van der Waals surface area contributed by atoms with Crippen LogP contribution in [0, 0.1) is 0 Å². The molecule has 1 N–H and O–H groups in total. The standard InChI is InChI=1S/C30H37N3O5S/c1-6-27(29(35)31-30(2,3)4)32(21-23-14-13-17-25(20-23)38-5)28(34)22-33(24-15-9-7-10-16-24)39(36,37)26-18-11-8-12-19-26/h7-20,27H,6,21-22H2,1-5H3,(H,31,35)/t27-/m1/s1. The second-order valence-electron chi connectivity index (χ2n) is 10.2. The summed E-state index contributed by atoms with van der Waals surface area (Å²) in [6, 6.07) is 22.9. The van der Waals surface area contributed by atoms with E-state index in [1.54, 1.807) is 67.8 Å². The van der Waals surface area contributed by atoms with Gasteiger partial charge in [-0.05, 0) is 69.2 Å². The Labute approximate surface area is 231 Å². The third-order valence-electron chi connectivity index (χ3n) is 6.03. The molecule has 0 aliphatic heterocycles. The first kappa shape index (κ1) is 29.7. The number of carbonyl (C=O) groups excluding carboxylic acids is 2. The third kappa shape index (κ3) is 7.83. The first-order valence-corrected chi connectivity index (χ1v) is 14.3. The van der Waals surface area contributed by atoms with E-state index >= 15 is 0 Å². The molecule has 0 fully saturated rings. The minimum atomic E-state index is -4.08. The largest absolute Gasteiger partial charge is 0.497 e. The van der Waals surface area contributed by atoms with Crippen molar-refractivity contribution < 1.29 is 22.7 Å². The van der Waals surface area contributed by atoms with E-state index in [2.05, 4.69) is 5.32 Å². The van der Waals surface area contributed by atoms with Gasteiger partial charge < -0.3 is 15.0 Å². The average Bonchev–Trinajstić information content (AvgIpc) is 2.91. The lowest BCUT2D eigenvalue weighted by molar-refractivity contribution is -0.141. The summed E-state index contributed by atoms with van der Waals surface area (Å²) in [6.45, 7) is 7.05. The molecule has 3 aromatic rings. The van der Waals surface area contributed by atoms with Gasteiger partial charge >= 0.3 is 0 Å². The molecule has 0 aliphatic rings. The van der Waals surface area contributed by atoms with Gasteiger partial charge in [0.15, 0.2) is 0 Å². The Morgan fingerprint density at radius 1 is 0.923 bits per heavy atom. The fourth-order valence-corrected chi connectivity index (χ4v) is 5.62. The zero-order chi connectivity index (χ0) is 28.6. The molecule has 0 saturated carbocycles. The van der Waals surface area contributed by atoms with Gasteiger partial charge in [0.25, 0.3) is 10.0 Å². The number of sulfonamides is 1. The maximum Gasteiger partial charge on any atom is 0.264 e. The molecule has 0 aliphatic carbocycles. The van der Waals surface area contributed by atoms with Crippen LogP contribution in [0.3, 0.4) is 0 Å². The summed E-state index contributed by atoms with van der Waals surface area (Å²) in [5.74, 6) is -0.194. The summed E-state index contributed by atoms with van der Waals surface area (Å²) in [4.78, 5) is 28.9. The van der Waals surface area contributed by atoms with Crippen LogP contribution >= 0.6 is 0 Å². The SMILES string of the molecule is CC[C@H](C(=O)NC(C)(C)C)N(Cc1cccc(OC)c1)C(=O)CN(c1ccccc1)S(=O)(=O)c1ccccc1. The highest BCUT2D eigenvalue weighted by molar-refractivity contribution is 7.92. The molecular weight excluding hydrogens is 514 g/mol. The molecule has 0 aromatic heterocycles. The van der Waals surface area contributed by atoms with Crippen LogP contribution < -0.4 is 14.4 Å². The van der Waals surface area contributed by atoms with E-state index in [-0.39, 0.29) is 17.3 Å². The monoisotopic (exact) mass is 551 g/mol. The maximum atomic E-state index is 14.0. The van der Waals surface area contributed by atoms with Crippen LogP contribution in [0.5, 0.6) is 5.75 Å². The molecule has 39 heavy (non-hydrogen) atoms. The molecule has 0 radical (unpaired) electrons. The number of hydrogen-bond acceptors (Lipinski definition) is 5. The molecule has 0 spiro atoms. The van der Waals surface area contributed by atoms with E-state index in [0.717, 1.165) is 9.87 Å². The summed E-state index contributed by atoms with van der Waals surface area (Å²) in [5.41, 5.74) is 0.590. The quantitative estimate of drug-likeness (QED) is 0.375. The van der Waals surface area contributed by atoms with Crippen molar-refractivity contribution in [1.82, 2.24) is 10.2 Å². The number of nitrogens with one attached hydrogen (secondary N) is 1.